The van der Waals surface area contributed by atoms with Crippen LogP contribution in [0.15, 0.2) is 17.8 Å². The summed E-state index contributed by atoms with van der Waals surface area (Å²) >= 11 is 1.64. The summed E-state index contributed by atoms with van der Waals surface area (Å²) < 4.78 is 1.20. The van der Waals surface area contributed by atoms with E-state index in [1.165, 1.54) is 10.3 Å². The molecule has 0 aromatic carbocycles. The number of thiazole rings is 1. The molecule has 3 heteroatoms. The highest BCUT2D eigenvalue weighted by Crippen LogP contribution is 2.18. The molecule has 0 fully saturated rings. The van der Waals surface area contributed by atoms with E-state index < -0.39 is 0 Å². The number of aromatic nitrogens is 2. The Kier molecular flexibility index (Phi) is 1.17. The lowest BCUT2D eigenvalue weighted by atomic mass is 10.3. The average Bonchev–Trinajstić information content (AvgIpc) is 2.36. The van der Waals surface area contributed by atoms with Crippen LogP contribution < -0.4 is 0 Å². The molecule has 50 valence electrons. The van der Waals surface area contributed by atoms with Crippen molar-refractivity contribution in [3.05, 3.63) is 23.3 Å². The molecule has 0 saturated carbocycles. The maximum Gasteiger partial charge on any atom is 0.170 e. The number of hydrogen-bond acceptors (Lipinski definition) is 3. The Bertz CT molecular complexity index is 353. The van der Waals surface area contributed by atoms with Crippen molar-refractivity contribution >= 4 is 21.7 Å². The molecule has 0 aliphatic heterocycles. The quantitative estimate of drug-likeness (QED) is 0.574. The van der Waals surface area contributed by atoms with Gasteiger partial charge in [0, 0.05) is 6.20 Å². The fourth-order valence-electron chi connectivity index (χ4n) is 0.897. The minimum atomic E-state index is 0.866. The molecule has 2 rings (SSSR count). The Balaban J connectivity index is 2.95. The van der Waals surface area contributed by atoms with E-state index in [4.69, 9.17) is 0 Å². The minimum absolute atomic E-state index is 0.866. The Labute approximate surface area is 62.6 Å². The Hall–Kier alpha value is -0.960. The van der Waals surface area contributed by atoms with Gasteiger partial charge in [0.05, 0.1) is 10.2 Å². The summed E-state index contributed by atoms with van der Waals surface area (Å²) in [6, 6.07) is 2.00. The van der Waals surface area contributed by atoms with Gasteiger partial charge in [-0.05, 0) is 18.6 Å². The van der Waals surface area contributed by atoms with Gasteiger partial charge in [0.2, 0.25) is 0 Å². The molecule has 2 nitrogen and oxygen atoms in total. The van der Waals surface area contributed by atoms with Gasteiger partial charge in [-0.3, -0.25) is 0 Å². The molecule has 10 heavy (non-hydrogen) atoms. The van der Waals surface area contributed by atoms with E-state index in [1.54, 1.807) is 17.5 Å². The molecular weight excluding hydrogens is 144 g/mol. The summed E-state index contributed by atoms with van der Waals surface area (Å²) in [5, 5.41) is 0. The van der Waals surface area contributed by atoms with Crippen LogP contribution in [0.25, 0.3) is 10.3 Å². The molecule has 2 aromatic rings. The fraction of sp³-hybridized carbons (Fsp3) is 0.143. The second-order valence-corrected chi connectivity index (χ2v) is 2.99. The normalized spacial score (nSPS) is 10.5. The first kappa shape index (κ1) is 5.80. The zero-order valence-corrected chi connectivity index (χ0v) is 6.35. The van der Waals surface area contributed by atoms with Gasteiger partial charge in [-0.2, -0.15) is 0 Å². The van der Waals surface area contributed by atoms with Crippen LogP contribution in [0.3, 0.4) is 0 Å². The van der Waals surface area contributed by atoms with Crippen LogP contribution in [0.1, 0.15) is 5.56 Å². The van der Waals surface area contributed by atoms with Gasteiger partial charge in [0.15, 0.2) is 5.65 Å². The molecule has 0 N–H and O–H groups in total. The van der Waals surface area contributed by atoms with Crippen LogP contribution in [0.4, 0.5) is 0 Å². The summed E-state index contributed by atoms with van der Waals surface area (Å²) in [4.78, 5) is 8.19. The lowest BCUT2D eigenvalue weighted by molar-refractivity contribution is 1.31. The Morgan fingerprint density at radius 3 is 3.10 bits per heavy atom. The van der Waals surface area contributed by atoms with E-state index in [9.17, 15) is 0 Å². The molecule has 0 aliphatic carbocycles. The number of pyridine rings is 1. The summed E-state index contributed by atoms with van der Waals surface area (Å²) in [7, 11) is 0. The fourth-order valence-corrected chi connectivity index (χ4v) is 1.62. The summed E-state index contributed by atoms with van der Waals surface area (Å²) in [6.07, 6.45) is 1.79. The number of rotatable bonds is 0. The number of fused-ring (bicyclic) bond motifs is 1. The number of nitrogens with zero attached hydrogens (tertiary/aromatic N) is 2. The van der Waals surface area contributed by atoms with Crippen molar-refractivity contribution in [1.29, 1.82) is 0 Å². The van der Waals surface area contributed by atoms with Crippen LogP contribution in [0.2, 0.25) is 0 Å². The smallest absolute Gasteiger partial charge is 0.170 e. The van der Waals surface area contributed by atoms with E-state index in [0.29, 0.717) is 0 Å². The van der Waals surface area contributed by atoms with Crippen molar-refractivity contribution in [2.75, 3.05) is 0 Å². The predicted octanol–water partition coefficient (Wildman–Crippen LogP) is 2.00. The van der Waals surface area contributed by atoms with Crippen molar-refractivity contribution in [2.24, 2.45) is 0 Å². The molecule has 0 unspecified atom stereocenters. The standard InChI is InChI=1S/C7H6N2S/c1-5-2-3-8-7-6(5)10-4-9-7/h2-4H,1H3. The zero-order valence-electron chi connectivity index (χ0n) is 5.53. The first-order valence-electron chi connectivity index (χ1n) is 3.03. The van der Waals surface area contributed by atoms with Crippen LogP contribution in [-0.2, 0) is 0 Å². The SMILES string of the molecule is Cc1ccnc2ncsc12. The highest BCUT2D eigenvalue weighted by molar-refractivity contribution is 7.16. The summed E-state index contributed by atoms with van der Waals surface area (Å²) in [5.41, 5.74) is 3.95. The third-order valence-corrected chi connectivity index (χ3v) is 2.38. The molecule has 0 aliphatic rings. The van der Waals surface area contributed by atoms with Gasteiger partial charge >= 0.3 is 0 Å². The Morgan fingerprint density at radius 1 is 1.40 bits per heavy atom. The lowest BCUT2D eigenvalue weighted by Crippen LogP contribution is -1.76. The molecule has 0 atom stereocenters. The molecular formula is C7H6N2S. The highest BCUT2D eigenvalue weighted by atomic mass is 32.1. The van der Waals surface area contributed by atoms with E-state index in [1.807, 2.05) is 11.6 Å². The minimum Gasteiger partial charge on any atom is -0.236 e. The molecule has 0 spiro atoms. The third kappa shape index (κ3) is 0.708. The Morgan fingerprint density at radius 2 is 2.30 bits per heavy atom. The van der Waals surface area contributed by atoms with E-state index in [2.05, 4.69) is 16.9 Å². The monoisotopic (exact) mass is 150 g/mol. The van der Waals surface area contributed by atoms with Gasteiger partial charge in [0.25, 0.3) is 0 Å². The first-order chi connectivity index (χ1) is 4.88. The van der Waals surface area contributed by atoms with Crippen LogP contribution in [-0.4, -0.2) is 9.97 Å². The van der Waals surface area contributed by atoms with Gasteiger partial charge < -0.3 is 0 Å². The highest BCUT2D eigenvalue weighted by Gasteiger charge is 1.97. The topological polar surface area (TPSA) is 25.8 Å². The number of hydrogen-bond donors (Lipinski definition) is 0. The first-order valence-corrected chi connectivity index (χ1v) is 3.91. The van der Waals surface area contributed by atoms with Gasteiger partial charge in [-0.25, -0.2) is 9.97 Å². The van der Waals surface area contributed by atoms with Crippen LogP contribution in [0.5, 0.6) is 0 Å². The maximum absolute atomic E-state index is 4.10. The van der Waals surface area contributed by atoms with Crippen molar-refractivity contribution in [1.82, 2.24) is 9.97 Å². The number of aryl methyl sites for hydroxylation is 1. The van der Waals surface area contributed by atoms with Crippen LogP contribution >= 0.6 is 11.3 Å². The second-order valence-electron chi connectivity index (χ2n) is 2.13. The van der Waals surface area contributed by atoms with Gasteiger partial charge in [0.1, 0.15) is 0 Å². The van der Waals surface area contributed by atoms with Crippen molar-refractivity contribution in [2.45, 2.75) is 6.92 Å². The average molecular weight is 150 g/mol. The molecule has 2 aromatic heterocycles. The van der Waals surface area contributed by atoms with Crippen molar-refractivity contribution in [3.8, 4) is 0 Å². The van der Waals surface area contributed by atoms with Crippen LogP contribution in [0, 0.1) is 6.92 Å². The van der Waals surface area contributed by atoms with E-state index >= 15 is 0 Å². The van der Waals surface area contributed by atoms with E-state index in [-0.39, 0.29) is 0 Å². The van der Waals surface area contributed by atoms with Crippen molar-refractivity contribution < 1.29 is 0 Å². The van der Waals surface area contributed by atoms with Gasteiger partial charge in [-0.15, -0.1) is 11.3 Å². The predicted molar refractivity (Wildman–Crippen MR) is 42.2 cm³/mol. The molecule has 2 heterocycles. The summed E-state index contributed by atoms with van der Waals surface area (Å²) in [5.74, 6) is 0. The lowest BCUT2D eigenvalue weighted by Gasteiger charge is -1.89. The summed E-state index contributed by atoms with van der Waals surface area (Å²) in [6.45, 7) is 2.07. The molecule has 0 amide bonds. The zero-order chi connectivity index (χ0) is 6.97. The van der Waals surface area contributed by atoms with E-state index in [0.717, 1.165) is 5.65 Å². The van der Waals surface area contributed by atoms with Crippen molar-refractivity contribution in [3.63, 3.8) is 0 Å². The van der Waals surface area contributed by atoms with Gasteiger partial charge in [-0.1, -0.05) is 0 Å². The third-order valence-electron chi connectivity index (χ3n) is 1.43. The molecule has 0 saturated heterocycles. The largest absolute Gasteiger partial charge is 0.236 e. The molecule has 0 radical (unpaired) electrons. The maximum atomic E-state index is 4.10. The second kappa shape index (κ2) is 2.02. The molecule has 0 bridgehead atoms.